The molecule has 0 saturated carbocycles. The summed E-state index contributed by atoms with van der Waals surface area (Å²) in [4.78, 5) is 2.56. The minimum Gasteiger partial charge on any atom is -0.330 e. The van der Waals surface area contributed by atoms with Gasteiger partial charge in [0, 0.05) is 17.6 Å². The van der Waals surface area contributed by atoms with Gasteiger partial charge in [-0.15, -0.1) is 0 Å². The lowest BCUT2D eigenvalue weighted by Crippen LogP contribution is -2.27. The molecule has 1 saturated heterocycles. The number of benzene rings is 1. The molecule has 0 amide bonds. The summed E-state index contributed by atoms with van der Waals surface area (Å²) in [6.45, 7) is 5.36. The predicted molar refractivity (Wildman–Crippen MR) is 73.2 cm³/mol. The first-order valence-corrected chi connectivity index (χ1v) is 6.82. The van der Waals surface area contributed by atoms with Crippen molar-refractivity contribution in [1.29, 1.82) is 0 Å². The van der Waals surface area contributed by atoms with Crippen LogP contribution in [0.4, 0.5) is 0 Å². The molecule has 1 fully saturated rings. The summed E-state index contributed by atoms with van der Waals surface area (Å²) < 4.78 is 0. The predicted octanol–water partition coefficient (Wildman–Crippen LogP) is 3.07. The highest BCUT2D eigenvalue weighted by Gasteiger charge is 2.27. The summed E-state index contributed by atoms with van der Waals surface area (Å²) in [5.74, 6) is 0.677. The first-order chi connectivity index (χ1) is 8.24. The molecule has 1 aromatic carbocycles. The van der Waals surface area contributed by atoms with Crippen LogP contribution in [0.25, 0.3) is 0 Å². The third-order valence-electron chi connectivity index (χ3n) is 3.73. The van der Waals surface area contributed by atoms with E-state index in [1.165, 1.54) is 18.5 Å². The van der Waals surface area contributed by atoms with Gasteiger partial charge in [0.1, 0.15) is 0 Å². The Morgan fingerprint density at radius 1 is 1.41 bits per heavy atom. The lowest BCUT2D eigenvalue weighted by Gasteiger charge is -2.27. The van der Waals surface area contributed by atoms with Gasteiger partial charge in [0.2, 0.25) is 0 Å². The van der Waals surface area contributed by atoms with Crippen LogP contribution in [0, 0.1) is 5.92 Å². The van der Waals surface area contributed by atoms with Gasteiger partial charge in [-0.1, -0.05) is 30.7 Å². The van der Waals surface area contributed by atoms with E-state index in [0.717, 1.165) is 24.5 Å². The summed E-state index contributed by atoms with van der Waals surface area (Å²) >= 11 is 5.93. The maximum atomic E-state index is 5.93. The molecule has 2 unspecified atom stereocenters. The van der Waals surface area contributed by atoms with Crippen molar-refractivity contribution >= 4 is 11.6 Å². The van der Waals surface area contributed by atoms with E-state index in [1.807, 2.05) is 12.1 Å². The van der Waals surface area contributed by atoms with Crippen molar-refractivity contribution in [2.45, 2.75) is 25.8 Å². The summed E-state index contributed by atoms with van der Waals surface area (Å²) in [6, 6.07) is 8.77. The molecule has 0 radical (unpaired) electrons. The standard InChI is InChI=1S/C14H21ClN2/c1-2-14(12-3-5-13(15)6-4-12)17-8-7-11(9-16)10-17/h3-6,11,14H,2,7-10,16H2,1H3. The van der Waals surface area contributed by atoms with Crippen LogP contribution >= 0.6 is 11.6 Å². The maximum absolute atomic E-state index is 5.93. The van der Waals surface area contributed by atoms with Crippen molar-refractivity contribution < 1.29 is 0 Å². The number of nitrogens with two attached hydrogens (primary N) is 1. The lowest BCUT2D eigenvalue weighted by molar-refractivity contribution is 0.231. The number of rotatable bonds is 4. The van der Waals surface area contributed by atoms with Crippen LogP contribution in [0.2, 0.25) is 5.02 Å². The fourth-order valence-corrected chi connectivity index (χ4v) is 2.85. The third-order valence-corrected chi connectivity index (χ3v) is 3.98. The highest BCUT2D eigenvalue weighted by molar-refractivity contribution is 6.30. The van der Waals surface area contributed by atoms with Crippen molar-refractivity contribution in [3.8, 4) is 0 Å². The first kappa shape index (κ1) is 12.9. The van der Waals surface area contributed by atoms with Crippen LogP contribution in [0.1, 0.15) is 31.4 Å². The van der Waals surface area contributed by atoms with E-state index < -0.39 is 0 Å². The molecule has 3 heteroatoms. The molecular weight excluding hydrogens is 232 g/mol. The van der Waals surface area contributed by atoms with Crippen molar-refractivity contribution in [2.75, 3.05) is 19.6 Å². The van der Waals surface area contributed by atoms with Crippen LogP contribution in [0.3, 0.4) is 0 Å². The van der Waals surface area contributed by atoms with E-state index in [4.69, 9.17) is 17.3 Å². The SMILES string of the molecule is CCC(c1ccc(Cl)cc1)N1CCC(CN)C1. The van der Waals surface area contributed by atoms with Gasteiger partial charge in [-0.3, -0.25) is 4.90 Å². The van der Waals surface area contributed by atoms with Crippen LogP contribution in [-0.2, 0) is 0 Å². The van der Waals surface area contributed by atoms with Crippen LogP contribution < -0.4 is 5.73 Å². The van der Waals surface area contributed by atoms with Crippen molar-refractivity contribution in [1.82, 2.24) is 4.90 Å². The van der Waals surface area contributed by atoms with Gasteiger partial charge < -0.3 is 5.73 Å². The monoisotopic (exact) mass is 252 g/mol. The molecule has 2 atom stereocenters. The van der Waals surface area contributed by atoms with Crippen molar-refractivity contribution in [3.63, 3.8) is 0 Å². The van der Waals surface area contributed by atoms with Crippen LogP contribution in [0.5, 0.6) is 0 Å². The molecule has 2 N–H and O–H groups in total. The smallest absolute Gasteiger partial charge is 0.0406 e. The molecule has 2 rings (SSSR count). The number of likely N-dealkylation sites (tertiary alicyclic amines) is 1. The number of nitrogens with zero attached hydrogens (tertiary/aromatic N) is 1. The van der Waals surface area contributed by atoms with E-state index in [2.05, 4.69) is 24.0 Å². The van der Waals surface area contributed by atoms with E-state index >= 15 is 0 Å². The van der Waals surface area contributed by atoms with Gasteiger partial charge in [-0.05, 0) is 49.5 Å². The molecule has 1 aromatic rings. The Morgan fingerprint density at radius 3 is 2.65 bits per heavy atom. The molecule has 0 spiro atoms. The van der Waals surface area contributed by atoms with E-state index in [0.29, 0.717) is 12.0 Å². The van der Waals surface area contributed by atoms with Gasteiger partial charge in [0.15, 0.2) is 0 Å². The highest BCUT2D eigenvalue weighted by Crippen LogP contribution is 2.30. The molecule has 0 aliphatic carbocycles. The average molecular weight is 253 g/mol. The van der Waals surface area contributed by atoms with Gasteiger partial charge in [-0.25, -0.2) is 0 Å². The molecule has 0 aromatic heterocycles. The average Bonchev–Trinajstić information content (AvgIpc) is 2.81. The second-order valence-corrected chi connectivity index (χ2v) is 5.30. The molecule has 0 bridgehead atoms. The van der Waals surface area contributed by atoms with Gasteiger partial charge in [0.05, 0.1) is 0 Å². The number of halogens is 1. The van der Waals surface area contributed by atoms with Gasteiger partial charge in [-0.2, -0.15) is 0 Å². The third kappa shape index (κ3) is 3.01. The minimum atomic E-state index is 0.517. The Balaban J connectivity index is 2.08. The highest BCUT2D eigenvalue weighted by atomic mass is 35.5. The Morgan fingerprint density at radius 2 is 2.12 bits per heavy atom. The maximum Gasteiger partial charge on any atom is 0.0406 e. The number of hydrogen-bond donors (Lipinski definition) is 1. The van der Waals surface area contributed by atoms with Gasteiger partial charge >= 0.3 is 0 Å². The summed E-state index contributed by atoms with van der Waals surface area (Å²) in [5.41, 5.74) is 7.12. The fraction of sp³-hybridized carbons (Fsp3) is 0.571. The molecule has 1 heterocycles. The second-order valence-electron chi connectivity index (χ2n) is 4.86. The summed E-state index contributed by atoms with van der Waals surface area (Å²) in [5, 5.41) is 0.810. The lowest BCUT2D eigenvalue weighted by atomic mass is 10.0. The zero-order chi connectivity index (χ0) is 12.3. The molecular formula is C14H21ClN2. The van der Waals surface area contributed by atoms with Crippen molar-refractivity contribution in [2.24, 2.45) is 11.7 Å². The first-order valence-electron chi connectivity index (χ1n) is 6.44. The van der Waals surface area contributed by atoms with Crippen molar-refractivity contribution in [3.05, 3.63) is 34.9 Å². The zero-order valence-electron chi connectivity index (χ0n) is 10.4. The van der Waals surface area contributed by atoms with Crippen LogP contribution in [0.15, 0.2) is 24.3 Å². The zero-order valence-corrected chi connectivity index (χ0v) is 11.2. The largest absolute Gasteiger partial charge is 0.330 e. The minimum absolute atomic E-state index is 0.517. The molecule has 17 heavy (non-hydrogen) atoms. The van der Waals surface area contributed by atoms with Gasteiger partial charge in [0.25, 0.3) is 0 Å². The Bertz CT molecular complexity index is 350. The normalized spacial score (nSPS) is 22.9. The Hall–Kier alpha value is -0.570. The topological polar surface area (TPSA) is 29.3 Å². The molecule has 1 aliphatic heterocycles. The summed E-state index contributed by atoms with van der Waals surface area (Å²) in [7, 11) is 0. The Kier molecular flexibility index (Phi) is 4.43. The van der Waals surface area contributed by atoms with E-state index in [-0.39, 0.29) is 0 Å². The Labute approximate surface area is 109 Å². The molecule has 1 aliphatic rings. The van der Waals surface area contributed by atoms with E-state index in [1.54, 1.807) is 0 Å². The molecule has 94 valence electrons. The second kappa shape index (κ2) is 5.85. The number of hydrogen-bond acceptors (Lipinski definition) is 2. The molecule has 2 nitrogen and oxygen atoms in total. The fourth-order valence-electron chi connectivity index (χ4n) is 2.73. The quantitative estimate of drug-likeness (QED) is 0.893. The van der Waals surface area contributed by atoms with E-state index in [9.17, 15) is 0 Å². The summed E-state index contributed by atoms with van der Waals surface area (Å²) in [6.07, 6.45) is 2.37. The van der Waals surface area contributed by atoms with Crippen LogP contribution in [-0.4, -0.2) is 24.5 Å².